The third kappa shape index (κ3) is 5.14. The predicted molar refractivity (Wildman–Crippen MR) is 98.3 cm³/mol. The minimum atomic E-state index is -0.120. The van der Waals surface area contributed by atoms with Crippen LogP contribution in [-0.2, 0) is 13.0 Å². The molecule has 0 aliphatic heterocycles. The normalized spacial score (nSPS) is 10.2. The van der Waals surface area contributed by atoms with E-state index >= 15 is 0 Å². The lowest BCUT2D eigenvalue weighted by Crippen LogP contribution is -2.25. The van der Waals surface area contributed by atoms with Crippen LogP contribution < -0.4 is 10.6 Å². The zero-order valence-electron chi connectivity index (χ0n) is 13.9. The lowest BCUT2D eigenvalue weighted by atomic mass is 10.1. The number of nitrogens with one attached hydrogen (secondary N) is 2. The molecule has 0 fully saturated rings. The van der Waals surface area contributed by atoms with Crippen LogP contribution >= 0.6 is 0 Å². The van der Waals surface area contributed by atoms with Gasteiger partial charge in [0.1, 0.15) is 0 Å². The summed E-state index contributed by atoms with van der Waals surface area (Å²) < 4.78 is 0. The Morgan fingerprint density at radius 3 is 2.64 bits per heavy atom. The summed E-state index contributed by atoms with van der Waals surface area (Å²) >= 11 is 0. The summed E-state index contributed by atoms with van der Waals surface area (Å²) in [6.07, 6.45) is 5.83. The maximum atomic E-state index is 12.3. The number of carbonyl (C=O) groups excluding carboxylic acids is 1. The Morgan fingerprint density at radius 2 is 1.84 bits per heavy atom. The highest BCUT2D eigenvalue weighted by atomic mass is 16.1. The number of anilines is 1. The predicted octanol–water partition coefficient (Wildman–Crippen LogP) is 3.06. The fourth-order valence-corrected chi connectivity index (χ4v) is 2.42. The topological polar surface area (TPSA) is 66.9 Å². The van der Waals surface area contributed by atoms with Crippen LogP contribution in [0.5, 0.6) is 0 Å². The van der Waals surface area contributed by atoms with E-state index in [1.54, 1.807) is 24.7 Å². The quantitative estimate of drug-likeness (QED) is 0.698. The molecule has 0 radical (unpaired) electrons. The molecule has 1 aromatic carbocycles. The van der Waals surface area contributed by atoms with Gasteiger partial charge < -0.3 is 10.6 Å². The molecule has 0 saturated carbocycles. The molecule has 126 valence electrons. The van der Waals surface area contributed by atoms with Gasteiger partial charge in [-0.2, -0.15) is 0 Å². The van der Waals surface area contributed by atoms with Gasteiger partial charge in [-0.05, 0) is 30.2 Å². The van der Waals surface area contributed by atoms with Gasteiger partial charge in [0, 0.05) is 25.1 Å². The van der Waals surface area contributed by atoms with Crippen molar-refractivity contribution in [3.63, 3.8) is 0 Å². The molecule has 0 aliphatic rings. The van der Waals surface area contributed by atoms with E-state index in [4.69, 9.17) is 0 Å². The summed E-state index contributed by atoms with van der Waals surface area (Å²) in [5, 5.41) is 6.16. The summed E-state index contributed by atoms with van der Waals surface area (Å²) in [4.78, 5) is 20.7. The largest absolute Gasteiger partial charge is 0.378 e. The maximum Gasteiger partial charge on any atom is 0.252 e. The molecule has 3 rings (SSSR count). The number of aromatic nitrogens is 2. The molecular formula is C20H20N4O. The zero-order chi connectivity index (χ0) is 17.3. The smallest absolute Gasteiger partial charge is 0.252 e. The fourth-order valence-electron chi connectivity index (χ4n) is 2.42. The van der Waals surface area contributed by atoms with Gasteiger partial charge in [-0.3, -0.25) is 14.8 Å². The van der Waals surface area contributed by atoms with Crippen molar-refractivity contribution in [3.8, 4) is 0 Å². The minimum Gasteiger partial charge on any atom is -0.378 e. The summed E-state index contributed by atoms with van der Waals surface area (Å²) in [6.45, 7) is 1.18. The average molecular weight is 332 g/mol. The Kier molecular flexibility index (Phi) is 5.72. The second-order valence-corrected chi connectivity index (χ2v) is 5.63. The van der Waals surface area contributed by atoms with Crippen LogP contribution in [0.4, 0.5) is 5.69 Å². The van der Waals surface area contributed by atoms with Gasteiger partial charge >= 0.3 is 0 Å². The first-order chi connectivity index (χ1) is 12.3. The van der Waals surface area contributed by atoms with E-state index < -0.39 is 0 Å². The lowest BCUT2D eigenvalue weighted by Gasteiger charge is -2.08. The number of hydrogen-bond donors (Lipinski definition) is 2. The van der Waals surface area contributed by atoms with Crippen molar-refractivity contribution in [1.29, 1.82) is 0 Å². The third-order valence-electron chi connectivity index (χ3n) is 3.74. The monoisotopic (exact) mass is 332 g/mol. The van der Waals surface area contributed by atoms with E-state index in [-0.39, 0.29) is 5.91 Å². The molecular weight excluding hydrogens is 312 g/mol. The number of carbonyl (C=O) groups is 1. The summed E-state index contributed by atoms with van der Waals surface area (Å²) in [6, 6.07) is 17.7. The highest BCUT2D eigenvalue weighted by Crippen LogP contribution is 2.10. The minimum absolute atomic E-state index is 0.120. The molecule has 3 aromatic rings. The van der Waals surface area contributed by atoms with Crippen molar-refractivity contribution >= 4 is 11.6 Å². The molecule has 25 heavy (non-hydrogen) atoms. The van der Waals surface area contributed by atoms with Crippen molar-refractivity contribution < 1.29 is 4.79 Å². The van der Waals surface area contributed by atoms with Crippen molar-refractivity contribution in [1.82, 2.24) is 15.3 Å². The second kappa shape index (κ2) is 8.59. The third-order valence-corrected chi connectivity index (χ3v) is 3.74. The lowest BCUT2D eigenvalue weighted by molar-refractivity contribution is 0.0954. The molecule has 5 nitrogen and oxygen atoms in total. The van der Waals surface area contributed by atoms with E-state index in [9.17, 15) is 4.79 Å². The number of benzene rings is 1. The second-order valence-electron chi connectivity index (χ2n) is 5.63. The van der Waals surface area contributed by atoms with Crippen molar-refractivity contribution in [2.24, 2.45) is 0 Å². The Morgan fingerprint density at radius 1 is 1.00 bits per heavy atom. The van der Waals surface area contributed by atoms with E-state index in [1.807, 2.05) is 36.4 Å². The number of pyridine rings is 2. The Bertz CT molecular complexity index is 806. The first kappa shape index (κ1) is 16.6. The highest BCUT2D eigenvalue weighted by molar-refractivity contribution is 5.94. The van der Waals surface area contributed by atoms with Gasteiger partial charge in [-0.15, -0.1) is 0 Å². The van der Waals surface area contributed by atoms with Gasteiger partial charge in [0.2, 0.25) is 0 Å². The SMILES string of the molecule is O=C(NCCc1ccccc1)c1cncc(NCc2ccccn2)c1. The molecule has 0 aliphatic carbocycles. The van der Waals surface area contributed by atoms with E-state index in [1.165, 1.54) is 5.56 Å². The van der Waals surface area contributed by atoms with Crippen molar-refractivity contribution in [2.45, 2.75) is 13.0 Å². The number of amides is 1. The summed E-state index contributed by atoms with van der Waals surface area (Å²) in [5.74, 6) is -0.120. The molecule has 2 N–H and O–H groups in total. The average Bonchev–Trinajstić information content (AvgIpc) is 2.68. The maximum absolute atomic E-state index is 12.3. The van der Waals surface area contributed by atoms with Crippen LogP contribution in [0.15, 0.2) is 73.2 Å². The fraction of sp³-hybridized carbons (Fsp3) is 0.150. The van der Waals surface area contributed by atoms with Crippen LogP contribution in [-0.4, -0.2) is 22.4 Å². The molecule has 1 amide bonds. The molecule has 0 unspecified atom stereocenters. The Hall–Kier alpha value is -3.21. The van der Waals surface area contributed by atoms with Gasteiger partial charge in [-0.25, -0.2) is 0 Å². The van der Waals surface area contributed by atoms with Gasteiger partial charge in [0.05, 0.1) is 23.5 Å². The Labute approximate surface area is 147 Å². The first-order valence-corrected chi connectivity index (χ1v) is 8.22. The molecule has 0 atom stereocenters. The van der Waals surface area contributed by atoms with E-state index in [2.05, 4.69) is 32.7 Å². The standard InChI is InChI=1S/C20H20N4O/c25-20(23-11-9-16-6-2-1-3-7-16)17-12-19(14-21-13-17)24-15-18-8-4-5-10-22-18/h1-8,10,12-14,24H,9,11,15H2,(H,23,25). The number of hydrogen-bond acceptors (Lipinski definition) is 4. The van der Waals surface area contributed by atoms with Gasteiger partial charge in [-0.1, -0.05) is 36.4 Å². The van der Waals surface area contributed by atoms with Crippen LogP contribution in [0.3, 0.4) is 0 Å². The molecule has 2 aromatic heterocycles. The van der Waals surface area contributed by atoms with Crippen molar-refractivity contribution in [2.75, 3.05) is 11.9 Å². The summed E-state index contributed by atoms with van der Waals surface area (Å²) in [5.41, 5.74) is 3.47. The van der Waals surface area contributed by atoms with Gasteiger partial charge in [0.25, 0.3) is 5.91 Å². The number of rotatable bonds is 7. The molecule has 2 heterocycles. The van der Waals surface area contributed by atoms with Crippen LogP contribution in [0, 0.1) is 0 Å². The van der Waals surface area contributed by atoms with Crippen LogP contribution in [0.25, 0.3) is 0 Å². The molecule has 5 heteroatoms. The first-order valence-electron chi connectivity index (χ1n) is 8.22. The molecule has 0 spiro atoms. The highest BCUT2D eigenvalue weighted by Gasteiger charge is 2.06. The van der Waals surface area contributed by atoms with Gasteiger partial charge in [0.15, 0.2) is 0 Å². The Balaban J connectivity index is 1.52. The van der Waals surface area contributed by atoms with Crippen LogP contribution in [0.2, 0.25) is 0 Å². The zero-order valence-corrected chi connectivity index (χ0v) is 13.9. The molecule has 0 bridgehead atoms. The van der Waals surface area contributed by atoms with E-state index in [0.717, 1.165) is 17.8 Å². The van der Waals surface area contributed by atoms with Crippen molar-refractivity contribution in [3.05, 3.63) is 90.0 Å². The molecule has 0 saturated heterocycles. The number of nitrogens with zero attached hydrogens (tertiary/aromatic N) is 2. The van der Waals surface area contributed by atoms with E-state index in [0.29, 0.717) is 18.7 Å². The summed E-state index contributed by atoms with van der Waals surface area (Å²) in [7, 11) is 0. The van der Waals surface area contributed by atoms with Crippen LogP contribution in [0.1, 0.15) is 21.6 Å².